The van der Waals surface area contributed by atoms with Crippen LogP contribution >= 0.6 is 11.6 Å². The van der Waals surface area contributed by atoms with Gasteiger partial charge in [-0.25, -0.2) is 9.37 Å². The van der Waals surface area contributed by atoms with Gasteiger partial charge in [0.15, 0.2) is 0 Å². The standard InChI is InChI=1S/C15H11ClFN3O2/c1-9-18-13(10-2-3-12(17)11(16)8-10)14-15(22)19(6-7-21)4-5-20(9)14/h2-5,7-8H,6H2,1H3. The Bertz CT molecular complexity index is 946. The first-order chi connectivity index (χ1) is 10.5. The van der Waals surface area contributed by atoms with Crippen LogP contribution in [0.2, 0.25) is 5.02 Å². The summed E-state index contributed by atoms with van der Waals surface area (Å²) < 4.78 is 16.2. The van der Waals surface area contributed by atoms with E-state index in [0.717, 1.165) is 0 Å². The Kier molecular flexibility index (Phi) is 3.54. The van der Waals surface area contributed by atoms with Crippen LogP contribution in [0.3, 0.4) is 0 Å². The van der Waals surface area contributed by atoms with Crippen LogP contribution in [0.4, 0.5) is 4.39 Å². The predicted molar refractivity (Wildman–Crippen MR) is 80.7 cm³/mol. The third-order valence-corrected chi connectivity index (χ3v) is 3.70. The third-order valence-electron chi connectivity index (χ3n) is 3.41. The Labute approximate surface area is 129 Å². The van der Waals surface area contributed by atoms with E-state index < -0.39 is 5.82 Å². The van der Waals surface area contributed by atoms with Crippen molar-refractivity contribution in [3.8, 4) is 11.3 Å². The van der Waals surface area contributed by atoms with Crippen LogP contribution in [-0.2, 0) is 11.3 Å². The molecule has 5 nitrogen and oxygen atoms in total. The lowest BCUT2D eigenvalue weighted by atomic mass is 10.1. The highest BCUT2D eigenvalue weighted by molar-refractivity contribution is 6.31. The SMILES string of the molecule is Cc1nc(-c2ccc(F)c(Cl)c2)c2c(=O)n(CC=O)ccn12. The van der Waals surface area contributed by atoms with Crippen LogP contribution < -0.4 is 5.56 Å². The van der Waals surface area contributed by atoms with Gasteiger partial charge in [-0.05, 0) is 25.1 Å². The monoisotopic (exact) mass is 319 g/mol. The van der Waals surface area contributed by atoms with Crippen molar-refractivity contribution in [2.45, 2.75) is 13.5 Å². The second-order valence-electron chi connectivity index (χ2n) is 4.78. The van der Waals surface area contributed by atoms with Crippen molar-refractivity contribution in [2.75, 3.05) is 0 Å². The molecular weight excluding hydrogens is 309 g/mol. The molecule has 0 spiro atoms. The van der Waals surface area contributed by atoms with E-state index in [4.69, 9.17) is 11.6 Å². The first-order valence-corrected chi connectivity index (χ1v) is 6.88. The second kappa shape index (κ2) is 5.38. The highest BCUT2D eigenvalue weighted by Gasteiger charge is 2.16. The molecule has 3 rings (SSSR count). The number of hydrogen-bond acceptors (Lipinski definition) is 3. The normalized spacial score (nSPS) is 11.0. The van der Waals surface area contributed by atoms with Gasteiger partial charge in [-0.1, -0.05) is 11.6 Å². The quantitative estimate of drug-likeness (QED) is 0.697. The van der Waals surface area contributed by atoms with Gasteiger partial charge in [-0.3, -0.25) is 9.20 Å². The lowest BCUT2D eigenvalue weighted by molar-refractivity contribution is -0.108. The zero-order valence-electron chi connectivity index (χ0n) is 11.6. The number of hydrogen-bond donors (Lipinski definition) is 0. The third kappa shape index (κ3) is 2.21. The number of aromatic nitrogens is 3. The average Bonchev–Trinajstić information content (AvgIpc) is 2.83. The maximum atomic E-state index is 13.3. The van der Waals surface area contributed by atoms with E-state index >= 15 is 0 Å². The molecule has 0 saturated carbocycles. The number of rotatable bonds is 3. The molecule has 0 aliphatic heterocycles. The molecule has 2 aromatic heterocycles. The highest BCUT2D eigenvalue weighted by Crippen LogP contribution is 2.26. The number of halogens is 2. The molecule has 0 unspecified atom stereocenters. The number of carbonyl (C=O) groups excluding carboxylic acids is 1. The predicted octanol–water partition coefficient (Wildman–Crippen LogP) is 2.46. The number of benzene rings is 1. The number of nitrogens with zero attached hydrogens (tertiary/aromatic N) is 3. The lowest BCUT2D eigenvalue weighted by Gasteiger charge is -2.04. The Morgan fingerprint density at radius 2 is 2.14 bits per heavy atom. The molecule has 3 aromatic rings. The summed E-state index contributed by atoms with van der Waals surface area (Å²) in [5, 5.41) is -0.0412. The van der Waals surface area contributed by atoms with Crippen molar-refractivity contribution in [1.29, 1.82) is 0 Å². The van der Waals surface area contributed by atoms with Crippen molar-refractivity contribution >= 4 is 23.4 Å². The van der Waals surface area contributed by atoms with E-state index in [0.29, 0.717) is 28.9 Å². The summed E-state index contributed by atoms with van der Waals surface area (Å²) in [5.41, 5.74) is 0.928. The number of imidazole rings is 1. The molecule has 7 heteroatoms. The van der Waals surface area contributed by atoms with Crippen molar-refractivity contribution in [1.82, 2.24) is 14.0 Å². The van der Waals surface area contributed by atoms with Crippen molar-refractivity contribution in [2.24, 2.45) is 0 Å². The minimum absolute atomic E-state index is 0.0385. The van der Waals surface area contributed by atoms with Gasteiger partial charge in [0, 0.05) is 18.0 Å². The molecule has 0 aliphatic rings. The van der Waals surface area contributed by atoms with Gasteiger partial charge in [0.1, 0.15) is 29.1 Å². The van der Waals surface area contributed by atoms with E-state index in [2.05, 4.69) is 4.98 Å². The number of aldehydes is 1. The van der Waals surface area contributed by atoms with Crippen LogP contribution in [0.25, 0.3) is 16.8 Å². The summed E-state index contributed by atoms with van der Waals surface area (Å²) in [6.45, 7) is 1.72. The molecular formula is C15H11ClFN3O2. The Balaban J connectivity index is 2.33. The van der Waals surface area contributed by atoms with Crippen LogP contribution in [0.5, 0.6) is 0 Å². The summed E-state index contributed by atoms with van der Waals surface area (Å²) in [6.07, 6.45) is 3.84. The van der Waals surface area contributed by atoms with Crippen LogP contribution in [0.1, 0.15) is 5.82 Å². The molecule has 0 atom stereocenters. The van der Waals surface area contributed by atoms with Crippen LogP contribution in [0.15, 0.2) is 35.4 Å². The van der Waals surface area contributed by atoms with E-state index in [-0.39, 0.29) is 17.1 Å². The summed E-state index contributed by atoms with van der Waals surface area (Å²) in [6, 6.07) is 4.17. The van der Waals surface area contributed by atoms with E-state index in [1.165, 1.54) is 29.0 Å². The fourth-order valence-corrected chi connectivity index (χ4v) is 2.53. The molecule has 0 aliphatic carbocycles. The van der Waals surface area contributed by atoms with Gasteiger partial charge in [-0.2, -0.15) is 0 Å². The number of aryl methyl sites for hydroxylation is 1. The molecule has 112 valence electrons. The van der Waals surface area contributed by atoms with Crippen LogP contribution in [-0.4, -0.2) is 20.2 Å². The molecule has 0 radical (unpaired) electrons. The van der Waals surface area contributed by atoms with Gasteiger partial charge in [0.05, 0.1) is 11.6 Å². The lowest BCUT2D eigenvalue weighted by Crippen LogP contribution is -2.22. The Morgan fingerprint density at radius 1 is 1.36 bits per heavy atom. The zero-order valence-corrected chi connectivity index (χ0v) is 12.3. The topological polar surface area (TPSA) is 56.4 Å². The molecule has 0 N–H and O–H groups in total. The Morgan fingerprint density at radius 3 is 2.82 bits per heavy atom. The minimum atomic E-state index is -0.538. The van der Waals surface area contributed by atoms with E-state index in [9.17, 15) is 14.0 Å². The molecule has 2 heterocycles. The molecule has 0 amide bonds. The van der Waals surface area contributed by atoms with Gasteiger partial charge in [-0.15, -0.1) is 0 Å². The summed E-state index contributed by atoms with van der Waals surface area (Å²) in [4.78, 5) is 27.6. The molecule has 0 fully saturated rings. The smallest absolute Gasteiger partial charge is 0.277 e. The minimum Gasteiger partial charge on any atom is -0.305 e. The summed E-state index contributed by atoms with van der Waals surface area (Å²) in [7, 11) is 0. The van der Waals surface area contributed by atoms with Crippen molar-refractivity contribution in [3.63, 3.8) is 0 Å². The fourth-order valence-electron chi connectivity index (χ4n) is 2.35. The van der Waals surface area contributed by atoms with Gasteiger partial charge >= 0.3 is 0 Å². The zero-order chi connectivity index (χ0) is 15.9. The van der Waals surface area contributed by atoms with Gasteiger partial charge < -0.3 is 9.36 Å². The number of fused-ring (bicyclic) bond motifs is 1. The maximum Gasteiger partial charge on any atom is 0.277 e. The number of carbonyl (C=O) groups is 1. The maximum absolute atomic E-state index is 13.3. The first-order valence-electron chi connectivity index (χ1n) is 6.50. The molecule has 1 aromatic carbocycles. The Hall–Kier alpha value is -2.47. The largest absolute Gasteiger partial charge is 0.305 e. The van der Waals surface area contributed by atoms with Crippen molar-refractivity contribution < 1.29 is 9.18 Å². The fraction of sp³-hybridized carbons (Fsp3) is 0.133. The molecule has 0 saturated heterocycles. The average molecular weight is 320 g/mol. The first kappa shape index (κ1) is 14.5. The summed E-state index contributed by atoms with van der Waals surface area (Å²) in [5.74, 6) is 0.0739. The van der Waals surface area contributed by atoms with E-state index in [1.807, 2.05) is 0 Å². The summed E-state index contributed by atoms with van der Waals surface area (Å²) >= 11 is 5.80. The molecule has 0 bridgehead atoms. The van der Waals surface area contributed by atoms with E-state index in [1.54, 1.807) is 17.5 Å². The van der Waals surface area contributed by atoms with Crippen molar-refractivity contribution in [3.05, 3.63) is 57.6 Å². The van der Waals surface area contributed by atoms with Gasteiger partial charge in [0.2, 0.25) is 0 Å². The van der Waals surface area contributed by atoms with Gasteiger partial charge in [0.25, 0.3) is 5.56 Å². The van der Waals surface area contributed by atoms with Crippen LogP contribution in [0, 0.1) is 12.7 Å². The second-order valence-corrected chi connectivity index (χ2v) is 5.18. The highest BCUT2D eigenvalue weighted by atomic mass is 35.5. The molecule has 22 heavy (non-hydrogen) atoms.